The van der Waals surface area contributed by atoms with Gasteiger partial charge in [-0.2, -0.15) is 0 Å². The Labute approximate surface area is 413 Å². The number of likely N-dealkylation sites (tertiary alicyclic amines) is 2. The fourth-order valence-corrected chi connectivity index (χ4v) is 18.3. The van der Waals surface area contributed by atoms with Crippen LogP contribution in [0.5, 0.6) is 0 Å². The molecule has 11 aliphatic carbocycles. The molecule has 13 rings (SSSR count). The number of hydrogen-bond donors (Lipinski definition) is 0. The maximum absolute atomic E-state index is 3.16. The zero-order valence-electron chi connectivity index (χ0n) is 42.0. The van der Waals surface area contributed by atoms with Crippen molar-refractivity contribution in [1.29, 1.82) is 0 Å². The first-order valence-corrected chi connectivity index (χ1v) is 29.5. The van der Waals surface area contributed by atoms with Gasteiger partial charge in [0.1, 0.15) is 0 Å². The van der Waals surface area contributed by atoms with E-state index >= 15 is 0 Å². The van der Waals surface area contributed by atoms with Gasteiger partial charge < -0.3 is 0 Å². The zero-order valence-corrected chi connectivity index (χ0v) is 42.0. The lowest BCUT2D eigenvalue weighted by Crippen LogP contribution is -2.46. The summed E-state index contributed by atoms with van der Waals surface area (Å²) in [5.41, 5.74) is 11.6. The summed E-state index contributed by atoms with van der Waals surface area (Å²) in [5.74, 6) is 7.41. The summed E-state index contributed by atoms with van der Waals surface area (Å²) in [6.45, 7) is 0. The highest BCUT2D eigenvalue weighted by molar-refractivity contribution is 5.52. The van der Waals surface area contributed by atoms with Crippen LogP contribution in [-0.2, 0) is 0 Å². The fraction of sp³-hybridized carbons (Fsp3) is 0.636. The third-order valence-corrected chi connectivity index (χ3v) is 21.5. The minimum Gasteiger partial charge on any atom is -0.290 e. The largest absolute Gasteiger partial charge is 0.290 e. The van der Waals surface area contributed by atoms with Gasteiger partial charge in [0.05, 0.1) is 0 Å². The van der Waals surface area contributed by atoms with E-state index in [9.17, 15) is 0 Å². The summed E-state index contributed by atoms with van der Waals surface area (Å²) in [6.07, 6.45) is 81.1. The third kappa shape index (κ3) is 8.62. The maximum Gasteiger partial charge on any atom is 0.0353 e. The Morgan fingerprint density at radius 3 is 2.21 bits per heavy atom. The van der Waals surface area contributed by atoms with Crippen LogP contribution in [0.3, 0.4) is 0 Å². The molecule has 5 fully saturated rings. The predicted molar refractivity (Wildman–Crippen MR) is 285 cm³/mol. The van der Waals surface area contributed by atoms with E-state index in [1.54, 1.807) is 22.3 Å². The summed E-state index contributed by atoms with van der Waals surface area (Å²) in [7, 11) is 0. The maximum atomic E-state index is 3.16. The summed E-state index contributed by atoms with van der Waals surface area (Å²) >= 11 is 0. The van der Waals surface area contributed by atoms with Gasteiger partial charge in [-0.3, -0.25) is 9.80 Å². The van der Waals surface area contributed by atoms with E-state index < -0.39 is 0 Å². The Morgan fingerprint density at radius 2 is 1.35 bits per heavy atom. The number of rotatable bonds is 8. The van der Waals surface area contributed by atoms with Gasteiger partial charge in [-0.15, -0.1) is 0 Å². The minimum absolute atomic E-state index is 0.512. The van der Waals surface area contributed by atoms with Gasteiger partial charge in [-0.05, 0) is 204 Å². The molecule has 2 nitrogen and oxygen atoms in total. The second-order valence-corrected chi connectivity index (χ2v) is 24.9. The van der Waals surface area contributed by atoms with Crippen LogP contribution < -0.4 is 0 Å². The average Bonchev–Trinajstić information content (AvgIpc) is 3.94. The highest BCUT2D eigenvalue weighted by Crippen LogP contribution is 2.54. The first-order chi connectivity index (χ1) is 33.7. The molecule has 0 aromatic carbocycles. The molecule has 2 saturated heterocycles. The highest BCUT2D eigenvalue weighted by Gasteiger charge is 2.53. The van der Waals surface area contributed by atoms with E-state index in [0.29, 0.717) is 30.1 Å². The third-order valence-electron chi connectivity index (χ3n) is 21.5. The Kier molecular flexibility index (Phi) is 13.0. The molecule has 0 N–H and O–H groups in total. The second kappa shape index (κ2) is 19.8. The molecule has 0 spiro atoms. The molecule has 3 saturated carbocycles. The van der Waals surface area contributed by atoms with Crippen molar-refractivity contribution in [2.45, 2.75) is 210 Å². The average molecular weight is 907 g/mol. The quantitative estimate of drug-likeness (QED) is 0.224. The first kappa shape index (κ1) is 44.7. The van der Waals surface area contributed by atoms with Gasteiger partial charge in [0.15, 0.2) is 0 Å². The Balaban J connectivity index is 0.694. The summed E-state index contributed by atoms with van der Waals surface area (Å²) in [4.78, 5) is 6.18. The standard InChI is InChI=1S/C66H86N2/c1-4-15-45(16-5-1)50-21-14-22-51(39-50)48-27-33-57(34-28-48)67-63-25-12-10-23-59(63)61-43-52(31-37-65(61)67)53-32-38-66-62(44-53)60-24-11-13-26-64(60)68(66)58-35-29-49(30-36-58)56-41-54(46-17-6-2-7-18-46)40-55(42-56)47-19-8-3-9-20-47/h1,4,6,12,17-18,22,25,27-29,31-33,38-39,44-45,47,54-66H,2-3,5,7-11,13-16,19-21,23-24,26,30,34-37,40-43H2. The van der Waals surface area contributed by atoms with Crippen molar-refractivity contribution in [2.75, 3.05) is 0 Å². The van der Waals surface area contributed by atoms with Crippen LogP contribution in [0.1, 0.15) is 173 Å². The summed E-state index contributed by atoms with van der Waals surface area (Å²) < 4.78 is 0. The molecule has 0 bridgehead atoms. The van der Waals surface area contributed by atoms with Crippen LogP contribution >= 0.6 is 0 Å². The lowest BCUT2D eigenvalue weighted by molar-refractivity contribution is 0.101. The van der Waals surface area contributed by atoms with Crippen LogP contribution in [0, 0.1) is 53.3 Å². The van der Waals surface area contributed by atoms with Gasteiger partial charge in [-0.25, -0.2) is 0 Å². The molecule has 14 atom stereocenters. The summed E-state index contributed by atoms with van der Waals surface area (Å²) in [5, 5.41) is 0. The molecule has 14 unspecified atom stereocenters. The van der Waals surface area contributed by atoms with Crippen LogP contribution in [0.25, 0.3) is 0 Å². The van der Waals surface area contributed by atoms with Crippen molar-refractivity contribution in [2.24, 2.45) is 53.3 Å². The second-order valence-electron chi connectivity index (χ2n) is 24.9. The van der Waals surface area contributed by atoms with Crippen LogP contribution in [0.2, 0.25) is 0 Å². The predicted octanol–water partition coefficient (Wildman–Crippen LogP) is 16.3. The molecular weight excluding hydrogens is 821 g/mol. The van der Waals surface area contributed by atoms with E-state index in [1.807, 2.05) is 5.57 Å². The Morgan fingerprint density at radius 1 is 0.456 bits per heavy atom. The van der Waals surface area contributed by atoms with Gasteiger partial charge >= 0.3 is 0 Å². The smallest absolute Gasteiger partial charge is 0.0353 e. The lowest BCUT2D eigenvalue weighted by atomic mass is 9.63. The Bertz CT molecular complexity index is 2270. The molecule has 13 aliphatic rings. The number of hydrogen-bond acceptors (Lipinski definition) is 2. The molecule has 0 aromatic heterocycles. The van der Waals surface area contributed by atoms with Gasteiger partial charge in [0.2, 0.25) is 0 Å². The van der Waals surface area contributed by atoms with Crippen molar-refractivity contribution >= 4 is 0 Å². The molecule has 68 heavy (non-hydrogen) atoms. The minimum atomic E-state index is 0.512. The van der Waals surface area contributed by atoms with Crippen molar-refractivity contribution in [1.82, 2.24) is 9.80 Å². The Hall–Kier alpha value is -3.20. The first-order valence-electron chi connectivity index (χ1n) is 29.5. The normalized spacial score (nSPS) is 41.9. The van der Waals surface area contributed by atoms with E-state index in [2.05, 4.69) is 113 Å². The van der Waals surface area contributed by atoms with Gasteiger partial charge in [0, 0.05) is 42.2 Å². The monoisotopic (exact) mass is 907 g/mol. The van der Waals surface area contributed by atoms with Crippen molar-refractivity contribution in [3.8, 4) is 0 Å². The fourth-order valence-electron chi connectivity index (χ4n) is 18.3. The summed E-state index contributed by atoms with van der Waals surface area (Å²) in [6, 6.07) is 3.87. The van der Waals surface area contributed by atoms with E-state index in [1.165, 1.54) is 178 Å². The number of allylic oxidation sites excluding steroid dienone is 17. The van der Waals surface area contributed by atoms with Crippen molar-refractivity contribution in [3.63, 3.8) is 0 Å². The number of fused-ring (bicyclic) bond motifs is 6. The van der Waals surface area contributed by atoms with Crippen molar-refractivity contribution in [3.05, 3.63) is 142 Å². The van der Waals surface area contributed by atoms with Crippen LogP contribution in [-0.4, -0.2) is 46.1 Å². The number of nitrogens with zero attached hydrogens (tertiary/aromatic N) is 2. The lowest BCUT2D eigenvalue weighted by Gasteiger charge is -2.44. The molecule has 2 aliphatic heterocycles. The molecular formula is C66H86N2. The van der Waals surface area contributed by atoms with Crippen molar-refractivity contribution < 1.29 is 0 Å². The van der Waals surface area contributed by atoms with E-state index in [4.69, 9.17) is 0 Å². The van der Waals surface area contributed by atoms with E-state index in [0.717, 1.165) is 65.8 Å². The molecule has 2 heterocycles. The van der Waals surface area contributed by atoms with Gasteiger partial charge in [-0.1, -0.05) is 159 Å². The van der Waals surface area contributed by atoms with E-state index in [-0.39, 0.29) is 0 Å². The SMILES string of the molecule is C1=CC(C2CC(C3=CCC(N4C5C=CC(C6=CCC7C(C6)C6CCC=CC6N7C6C=CC(C7=CCCC(C8CC=CCC8)=C7)=CC6)=CC5C5CCCCC54)CC3)CC(C3CCCCC3)C2)=CCC1. The highest BCUT2D eigenvalue weighted by atomic mass is 15.3. The molecule has 0 amide bonds. The van der Waals surface area contributed by atoms with Crippen LogP contribution in [0.15, 0.2) is 142 Å². The van der Waals surface area contributed by atoms with Crippen LogP contribution in [0.4, 0.5) is 0 Å². The molecule has 2 heteroatoms. The molecule has 0 radical (unpaired) electrons. The van der Waals surface area contributed by atoms with Gasteiger partial charge in [0.25, 0.3) is 0 Å². The molecule has 0 aromatic rings. The topological polar surface area (TPSA) is 6.48 Å². The zero-order chi connectivity index (χ0) is 45.0. The molecule has 360 valence electrons.